The molecule has 0 saturated heterocycles. The molecule has 0 atom stereocenters. The van der Waals surface area contributed by atoms with E-state index in [4.69, 9.17) is 0 Å². The van der Waals surface area contributed by atoms with Crippen LogP contribution in [-0.4, -0.2) is 27.4 Å². The van der Waals surface area contributed by atoms with Gasteiger partial charge in [-0.05, 0) is 56.9 Å². The van der Waals surface area contributed by atoms with Crippen LogP contribution in [0.2, 0.25) is 0 Å². The lowest BCUT2D eigenvalue weighted by atomic mass is 10.00. The molecule has 2 aromatic rings. The van der Waals surface area contributed by atoms with E-state index >= 15 is 0 Å². The summed E-state index contributed by atoms with van der Waals surface area (Å²) in [5.74, 6) is -1.18. The maximum absolute atomic E-state index is 14.4. The molecule has 1 aliphatic carbocycles. The van der Waals surface area contributed by atoms with Crippen LogP contribution in [0.1, 0.15) is 31.2 Å². The van der Waals surface area contributed by atoms with Crippen LogP contribution in [0.25, 0.3) is 0 Å². The Bertz CT molecular complexity index is 1000. The first-order valence-corrected chi connectivity index (χ1v) is 11.1. The van der Waals surface area contributed by atoms with E-state index in [-0.39, 0.29) is 10.6 Å². The number of allylic oxidation sites excluding steroid dienone is 1. The molecule has 0 aliphatic heterocycles. The van der Waals surface area contributed by atoms with Crippen molar-refractivity contribution in [3.63, 3.8) is 0 Å². The largest absolute Gasteiger partial charge is 0.351 e. The number of halogens is 1. The number of benzene rings is 2. The molecule has 0 bridgehead atoms. The molecular formula is C22H25FN2O3S. The summed E-state index contributed by atoms with van der Waals surface area (Å²) in [7, 11) is -4.11. The summed E-state index contributed by atoms with van der Waals surface area (Å²) in [6.07, 6.45) is 6.27. The molecule has 5 nitrogen and oxygen atoms in total. The molecule has 29 heavy (non-hydrogen) atoms. The normalized spacial score (nSPS) is 14.2. The highest BCUT2D eigenvalue weighted by Gasteiger charge is 2.29. The highest BCUT2D eigenvalue weighted by Crippen LogP contribution is 2.26. The Balaban J connectivity index is 1.85. The van der Waals surface area contributed by atoms with E-state index in [1.165, 1.54) is 30.3 Å². The fourth-order valence-electron chi connectivity index (χ4n) is 3.25. The fourth-order valence-corrected chi connectivity index (χ4v) is 4.68. The molecule has 154 valence electrons. The molecule has 2 aromatic carbocycles. The van der Waals surface area contributed by atoms with Crippen LogP contribution in [0.5, 0.6) is 0 Å². The first-order chi connectivity index (χ1) is 13.9. The molecule has 7 heteroatoms. The number of sulfonamides is 1. The Morgan fingerprint density at radius 3 is 2.48 bits per heavy atom. The van der Waals surface area contributed by atoms with Gasteiger partial charge >= 0.3 is 0 Å². The summed E-state index contributed by atoms with van der Waals surface area (Å²) >= 11 is 0. The molecule has 0 saturated carbocycles. The molecular weight excluding hydrogens is 391 g/mol. The van der Waals surface area contributed by atoms with Gasteiger partial charge in [-0.1, -0.05) is 41.5 Å². The summed E-state index contributed by atoms with van der Waals surface area (Å²) in [6.45, 7) is 1.73. The summed E-state index contributed by atoms with van der Waals surface area (Å²) in [6, 6.07) is 11.8. The third-order valence-electron chi connectivity index (χ3n) is 4.91. The molecule has 0 spiro atoms. The van der Waals surface area contributed by atoms with E-state index in [1.807, 2.05) is 6.92 Å². The van der Waals surface area contributed by atoms with Gasteiger partial charge in [0.25, 0.3) is 10.0 Å². The van der Waals surface area contributed by atoms with Crippen LogP contribution in [0.4, 0.5) is 10.1 Å². The molecule has 0 aromatic heterocycles. The summed E-state index contributed by atoms with van der Waals surface area (Å²) in [5.41, 5.74) is 1.89. The lowest BCUT2D eigenvalue weighted by Gasteiger charge is -2.25. The first kappa shape index (κ1) is 21.0. The number of carbonyl (C=O) groups excluding carboxylic acids is 1. The Morgan fingerprint density at radius 2 is 1.83 bits per heavy atom. The minimum Gasteiger partial charge on any atom is -0.351 e. The molecule has 3 rings (SSSR count). The molecule has 0 heterocycles. The number of nitrogens with zero attached hydrogens (tertiary/aromatic N) is 1. The Labute approximate surface area is 171 Å². The van der Waals surface area contributed by atoms with Crippen LogP contribution < -0.4 is 9.62 Å². The minimum absolute atomic E-state index is 0.00846. The van der Waals surface area contributed by atoms with Gasteiger partial charge in [-0.2, -0.15) is 0 Å². The summed E-state index contributed by atoms with van der Waals surface area (Å²) in [5, 5.41) is 2.77. The van der Waals surface area contributed by atoms with Gasteiger partial charge in [-0.3, -0.25) is 9.10 Å². The Morgan fingerprint density at radius 1 is 1.10 bits per heavy atom. The van der Waals surface area contributed by atoms with E-state index in [1.54, 1.807) is 18.2 Å². The van der Waals surface area contributed by atoms with Gasteiger partial charge in [-0.15, -0.1) is 0 Å². The van der Waals surface area contributed by atoms with Crippen molar-refractivity contribution in [2.45, 2.75) is 37.5 Å². The van der Waals surface area contributed by atoms with Crippen LogP contribution in [0.15, 0.2) is 65.1 Å². The second-order valence-electron chi connectivity index (χ2n) is 7.16. The van der Waals surface area contributed by atoms with E-state index in [2.05, 4.69) is 11.4 Å². The minimum atomic E-state index is -4.11. The second kappa shape index (κ2) is 9.22. The lowest BCUT2D eigenvalue weighted by molar-refractivity contribution is -0.119. The van der Waals surface area contributed by atoms with Crippen LogP contribution in [0.3, 0.4) is 0 Å². The van der Waals surface area contributed by atoms with E-state index < -0.39 is 28.3 Å². The zero-order chi connectivity index (χ0) is 20.9. The molecule has 1 aliphatic rings. The maximum Gasteiger partial charge on any atom is 0.264 e. The number of rotatable bonds is 7. The Hall–Kier alpha value is -2.67. The number of hydrogen-bond acceptors (Lipinski definition) is 3. The van der Waals surface area contributed by atoms with Crippen molar-refractivity contribution in [2.24, 2.45) is 0 Å². The number of amides is 1. The molecule has 0 fully saturated rings. The monoisotopic (exact) mass is 416 g/mol. The van der Waals surface area contributed by atoms with Crippen molar-refractivity contribution in [3.05, 3.63) is 71.6 Å². The molecule has 1 N–H and O–H groups in total. The van der Waals surface area contributed by atoms with Gasteiger partial charge in [0.2, 0.25) is 5.91 Å². The van der Waals surface area contributed by atoms with Crippen LogP contribution >= 0.6 is 0 Å². The molecule has 0 unspecified atom stereocenters. The van der Waals surface area contributed by atoms with Crippen LogP contribution in [0, 0.1) is 12.7 Å². The van der Waals surface area contributed by atoms with Gasteiger partial charge in [0.05, 0.1) is 10.6 Å². The predicted octanol–water partition coefficient (Wildman–Crippen LogP) is 3.95. The maximum atomic E-state index is 14.4. The van der Waals surface area contributed by atoms with Gasteiger partial charge in [0.1, 0.15) is 12.4 Å². The summed E-state index contributed by atoms with van der Waals surface area (Å²) in [4.78, 5) is 12.6. The molecule has 1 amide bonds. The fraction of sp³-hybridized carbons (Fsp3) is 0.318. The van der Waals surface area contributed by atoms with E-state index in [9.17, 15) is 17.6 Å². The lowest BCUT2D eigenvalue weighted by Crippen LogP contribution is -2.41. The van der Waals surface area contributed by atoms with Crippen molar-refractivity contribution < 1.29 is 17.6 Å². The number of aryl methyl sites for hydroxylation is 1. The predicted molar refractivity (Wildman–Crippen MR) is 112 cm³/mol. The van der Waals surface area contributed by atoms with Gasteiger partial charge in [0.15, 0.2) is 0 Å². The van der Waals surface area contributed by atoms with Gasteiger partial charge in [-0.25, -0.2) is 12.8 Å². The van der Waals surface area contributed by atoms with Crippen LogP contribution in [-0.2, 0) is 14.8 Å². The average Bonchev–Trinajstić information content (AvgIpc) is 2.72. The van der Waals surface area contributed by atoms with Crippen molar-refractivity contribution in [2.75, 3.05) is 17.4 Å². The van der Waals surface area contributed by atoms with Crippen molar-refractivity contribution in [1.82, 2.24) is 5.32 Å². The number of para-hydroxylation sites is 1. The number of nitrogens with one attached hydrogen (secondary N) is 1. The van der Waals surface area contributed by atoms with E-state index in [0.29, 0.717) is 6.54 Å². The topological polar surface area (TPSA) is 66.5 Å². The van der Waals surface area contributed by atoms with Crippen molar-refractivity contribution >= 4 is 21.6 Å². The van der Waals surface area contributed by atoms with Crippen molar-refractivity contribution in [3.8, 4) is 0 Å². The standard InChI is InChI=1S/C22H25FN2O3S/c1-17-11-13-19(14-12-17)29(27,28)25(21-10-6-5-9-20(21)23)16-22(26)24-15-18-7-3-2-4-8-18/h5-7,9-14H,2-4,8,15-16H2,1H3,(H,24,26). The van der Waals surface area contributed by atoms with Gasteiger partial charge in [0, 0.05) is 6.54 Å². The zero-order valence-electron chi connectivity index (χ0n) is 16.4. The zero-order valence-corrected chi connectivity index (χ0v) is 17.2. The quantitative estimate of drug-likeness (QED) is 0.695. The highest BCUT2D eigenvalue weighted by atomic mass is 32.2. The SMILES string of the molecule is Cc1ccc(S(=O)(=O)N(CC(=O)NCC2=CCCCC2)c2ccccc2F)cc1. The van der Waals surface area contributed by atoms with Crippen molar-refractivity contribution in [1.29, 1.82) is 0 Å². The smallest absolute Gasteiger partial charge is 0.264 e. The third kappa shape index (κ3) is 5.23. The number of hydrogen-bond donors (Lipinski definition) is 1. The Kier molecular flexibility index (Phi) is 6.69. The third-order valence-corrected chi connectivity index (χ3v) is 6.69. The number of anilines is 1. The average molecular weight is 417 g/mol. The van der Waals surface area contributed by atoms with Gasteiger partial charge < -0.3 is 5.32 Å². The highest BCUT2D eigenvalue weighted by molar-refractivity contribution is 7.92. The van der Waals surface area contributed by atoms with E-state index in [0.717, 1.165) is 41.1 Å². The summed E-state index contributed by atoms with van der Waals surface area (Å²) < 4.78 is 41.7. The first-order valence-electron chi connectivity index (χ1n) is 9.66. The second-order valence-corrected chi connectivity index (χ2v) is 9.02. The number of carbonyl (C=O) groups is 1. The molecule has 0 radical (unpaired) electrons.